The van der Waals surface area contributed by atoms with Crippen LogP contribution in [0, 0.1) is 0 Å². The molecular weight excluding hydrogens is 308 g/mol. The quantitative estimate of drug-likeness (QED) is 0.645. The van der Waals surface area contributed by atoms with Crippen LogP contribution < -0.4 is 4.90 Å². The number of aromatic nitrogens is 3. The molecule has 0 aliphatic carbocycles. The number of para-hydroxylation sites is 1. The van der Waals surface area contributed by atoms with Gasteiger partial charge in [0.05, 0.1) is 5.69 Å². The molecule has 2 heterocycles. The van der Waals surface area contributed by atoms with Crippen LogP contribution in [0.4, 0.5) is 5.69 Å². The highest BCUT2D eigenvalue weighted by Crippen LogP contribution is 2.42. The van der Waals surface area contributed by atoms with Gasteiger partial charge in [0.15, 0.2) is 0 Å². The molecular formula is C21H24N4. The first kappa shape index (κ1) is 15.9. The predicted octanol–water partition coefficient (Wildman–Crippen LogP) is 4.75. The Morgan fingerprint density at radius 3 is 2.36 bits per heavy atom. The highest BCUT2D eigenvalue weighted by molar-refractivity contribution is 5.88. The summed E-state index contributed by atoms with van der Waals surface area (Å²) in [4.78, 5) is 2.48. The zero-order valence-corrected chi connectivity index (χ0v) is 15.3. The van der Waals surface area contributed by atoms with Gasteiger partial charge in [-0.1, -0.05) is 47.7 Å². The summed E-state index contributed by atoms with van der Waals surface area (Å²) in [6, 6.07) is 17.2. The van der Waals surface area contributed by atoms with E-state index in [0.717, 1.165) is 24.5 Å². The van der Waals surface area contributed by atoms with Gasteiger partial charge < -0.3 is 4.90 Å². The van der Waals surface area contributed by atoms with Crippen molar-refractivity contribution >= 4 is 5.69 Å². The van der Waals surface area contributed by atoms with Crippen LogP contribution in [0.2, 0.25) is 0 Å². The lowest BCUT2D eigenvalue weighted by molar-refractivity contribution is 0.501. The van der Waals surface area contributed by atoms with Gasteiger partial charge in [0.2, 0.25) is 0 Å². The van der Waals surface area contributed by atoms with Gasteiger partial charge in [0, 0.05) is 35.4 Å². The van der Waals surface area contributed by atoms with Crippen LogP contribution in [0.1, 0.15) is 33.3 Å². The van der Waals surface area contributed by atoms with Crippen LogP contribution in [0.5, 0.6) is 0 Å². The molecule has 3 aromatic rings. The Morgan fingerprint density at radius 1 is 0.960 bits per heavy atom. The molecule has 0 spiro atoms. The monoisotopic (exact) mass is 332 g/mol. The van der Waals surface area contributed by atoms with E-state index in [9.17, 15) is 0 Å². The highest BCUT2D eigenvalue weighted by Gasteiger charge is 2.30. The van der Waals surface area contributed by atoms with E-state index in [-0.39, 0.29) is 5.54 Å². The Bertz CT molecular complexity index is 918. The molecule has 0 unspecified atom stereocenters. The Balaban J connectivity index is 2.10. The maximum Gasteiger partial charge on any atom is 0.121 e. The minimum absolute atomic E-state index is 0.00517. The van der Waals surface area contributed by atoms with Crippen LogP contribution >= 0.6 is 0 Å². The topological polar surface area (TPSA) is 34.0 Å². The average molecular weight is 332 g/mol. The third-order valence-electron chi connectivity index (χ3n) is 4.90. The van der Waals surface area contributed by atoms with Crippen molar-refractivity contribution in [2.24, 2.45) is 0 Å². The molecule has 0 N–H and O–H groups in total. The Labute approximate surface area is 149 Å². The maximum absolute atomic E-state index is 4.55. The molecule has 0 saturated carbocycles. The summed E-state index contributed by atoms with van der Waals surface area (Å²) in [6.07, 6.45) is 0. The third kappa shape index (κ3) is 2.53. The van der Waals surface area contributed by atoms with Gasteiger partial charge >= 0.3 is 0 Å². The fourth-order valence-corrected chi connectivity index (χ4v) is 3.63. The van der Waals surface area contributed by atoms with Gasteiger partial charge in [0.25, 0.3) is 0 Å². The molecule has 0 bridgehead atoms. The van der Waals surface area contributed by atoms with E-state index in [1.807, 2.05) is 4.68 Å². The van der Waals surface area contributed by atoms with Crippen molar-refractivity contribution in [3.8, 4) is 22.5 Å². The standard InChI is InChI=1S/C21H24N4/c1-5-25-20-17-12-8-9-13-18(17)24(21(2,3)4)14-15-10-6-7-11-16(15)19(20)22-23-25/h6-13H,5,14H2,1-4H3. The number of hydrogen-bond donors (Lipinski definition) is 0. The maximum atomic E-state index is 4.55. The number of rotatable bonds is 1. The molecule has 0 radical (unpaired) electrons. The summed E-state index contributed by atoms with van der Waals surface area (Å²) in [5, 5.41) is 8.98. The summed E-state index contributed by atoms with van der Waals surface area (Å²) in [7, 11) is 0. The summed E-state index contributed by atoms with van der Waals surface area (Å²) >= 11 is 0. The molecule has 1 aromatic heterocycles. The molecule has 4 heteroatoms. The minimum atomic E-state index is 0.00517. The fourth-order valence-electron chi connectivity index (χ4n) is 3.63. The van der Waals surface area contributed by atoms with Gasteiger partial charge in [0.1, 0.15) is 5.69 Å². The van der Waals surface area contributed by atoms with Gasteiger partial charge in [-0.25, -0.2) is 4.68 Å². The first-order chi connectivity index (χ1) is 12.0. The molecule has 1 aliphatic rings. The Morgan fingerprint density at radius 2 is 1.64 bits per heavy atom. The van der Waals surface area contributed by atoms with Crippen LogP contribution in [0.25, 0.3) is 22.5 Å². The normalized spacial score (nSPS) is 13.5. The van der Waals surface area contributed by atoms with E-state index < -0.39 is 0 Å². The van der Waals surface area contributed by atoms with Gasteiger partial charge in [-0.3, -0.25) is 0 Å². The Kier molecular flexibility index (Phi) is 3.64. The van der Waals surface area contributed by atoms with Crippen molar-refractivity contribution < 1.29 is 0 Å². The molecule has 0 fully saturated rings. The summed E-state index contributed by atoms with van der Waals surface area (Å²) in [6.45, 7) is 10.6. The largest absolute Gasteiger partial charge is 0.362 e. The highest BCUT2D eigenvalue weighted by atomic mass is 15.4. The van der Waals surface area contributed by atoms with Crippen LogP contribution in [-0.4, -0.2) is 20.5 Å². The van der Waals surface area contributed by atoms with Crippen molar-refractivity contribution in [3.05, 3.63) is 54.1 Å². The van der Waals surface area contributed by atoms with E-state index in [0.29, 0.717) is 0 Å². The van der Waals surface area contributed by atoms with Crippen LogP contribution in [0.3, 0.4) is 0 Å². The second-order valence-electron chi connectivity index (χ2n) is 7.53. The summed E-state index contributed by atoms with van der Waals surface area (Å²) in [5.74, 6) is 0. The number of benzene rings is 2. The lowest BCUT2D eigenvalue weighted by Gasteiger charge is -2.40. The summed E-state index contributed by atoms with van der Waals surface area (Å²) in [5.41, 5.74) is 7.01. The second-order valence-corrected chi connectivity index (χ2v) is 7.53. The van der Waals surface area contributed by atoms with Crippen molar-refractivity contribution in [2.75, 3.05) is 4.90 Å². The molecule has 0 amide bonds. The first-order valence-electron chi connectivity index (χ1n) is 8.89. The van der Waals surface area contributed by atoms with E-state index in [1.165, 1.54) is 22.4 Å². The Hall–Kier alpha value is -2.62. The van der Waals surface area contributed by atoms with E-state index in [2.05, 4.69) is 91.4 Å². The van der Waals surface area contributed by atoms with Crippen LogP contribution in [0.15, 0.2) is 48.5 Å². The lowest BCUT2D eigenvalue weighted by Crippen LogP contribution is -2.41. The van der Waals surface area contributed by atoms with Crippen molar-refractivity contribution in [1.82, 2.24) is 15.0 Å². The molecule has 4 rings (SSSR count). The number of fused-ring (bicyclic) bond motifs is 5. The van der Waals surface area contributed by atoms with Crippen molar-refractivity contribution in [2.45, 2.75) is 46.3 Å². The van der Waals surface area contributed by atoms with Crippen molar-refractivity contribution in [3.63, 3.8) is 0 Å². The minimum Gasteiger partial charge on any atom is -0.362 e. The molecule has 4 nitrogen and oxygen atoms in total. The SMILES string of the molecule is CCn1nnc2c1-c1ccccc1N(C(C)(C)C)Cc1ccccc1-2. The summed E-state index contributed by atoms with van der Waals surface area (Å²) < 4.78 is 2.01. The predicted molar refractivity (Wildman–Crippen MR) is 103 cm³/mol. The molecule has 0 saturated heterocycles. The van der Waals surface area contributed by atoms with E-state index in [1.54, 1.807) is 0 Å². The molecule has 1 aliphatic heterocycles. The molecule has 25 heavy (non-hydrogen) atoms. The second kappa shape index (κ2) is 5.73. The van der Waals surface area contributed by atoms with E-state index >= 15 is 0 Å². The fraction of sp³-hybridized carbons (Fsp3) is 0.333. The van der Waals surface area contributed by atoms with E-state index in [4.69, 9.17) is 0 Å². The lowest BCUT2D eigenvalue weighted by atomic mass is 9.92. The van der Waals surface area contributed by atoms with Gasteiger partial charge in [-0.05, 0) is 39.3 Å². The molecule has 128 valence electrons. The number of aryl methyl sites for hydroxylation is 1. The van der Waals surface area contributed by atoms with Crippen molar-refractivity contribution in [1.29, 1.82) is 0 Å². The average Bonchev–Trinajstić information content (AvgIpc) is 3.01. The zero-order chi connectivity index (χ0) is 17.6. The first-order valence-corrected chi connectivity index (χ1v) is 8.89. The van der Waals surface area contributed by atoms with Gasteiger partial charge in [-0.2, -0.15) is 0 Å². The number of nitrogens with zero attached hydrogens (tertiary/aromatic N) is 4. The number of anilines is 1. The van der Waals surface area contributed by atoms with Crippen LogP contribution in [-0.2, 0) is 13.1 Å². The zero-order valence-electron chi connectivity index (χ0n) is 15.3. The third-order valence-corrected chi connectivity index (χ3v) is 4.90. The molecule has 0 atom stereocenters. The van der Waals surface area contributed by atoms with Gasteiger partial charge in [-0.15, -0.1) is 5.10 Å². The smallest absolute Gasteiger partial charge is 0.121 e. The molecule has 2 aromatic carbocycles. The number of hydrogen-bond acceptors (Lipinski definition) is 3.